The van der Waals surface area contributed by atoms with E-state index in [0.29, 0.717) is 18.5 Å². The van der Waals surface area contributed by atoms with Gasteiger partial charge in [0.1, 0.15) is 17.3 Å². The van der Waals surface area contributed by atoms with Crippen LogP contribution >= 0.6 is 0 Å². The van der Waals surface area contributed by atoms with E-state index in [1.807, 2.05) is 6.20 Å². The Morgan fingerprint density at radius 1 is 0.432 bits per heavy atom. The topological polar surface area (TPSA) is 33.5 Å². The lowest BCUT2D eigenvalue weighted by molar-refractivity contribution is 0.483. The van der Waals surface area contributed by atoms with E-state index in [9.17, 15) is 0 Å². The van der Waals surface area contributed by atoms with E-state index in [-0.39, 0.29) is 21.7 Å². The summed E-state index contributed by atoms with van der Waals surface area (Å²) in [6, 6.07) is 71.6. The molecule has 0 spiro atoms. The molecule has 1 aliphatic heterocycles. The fraction of sp³-hybridized carbons (Fsp3) is 0.276. The number of rotatable bonds is 13. The van der Waals surface area contributed by atoms with Crippen LogP contribution in [0.4, 0.5) is 11.4 Å². The van der Waals surface area contributed by atoms with Crippen LogP contribution in [0.1, 0.15) is 159 Å². The molecule has 2 aromatic heterocycles. The third-order valence-corrected chi connectivity index (χ3v) is 17.2. The highest BCUT2D eigenvalue weighted by molar-refractivity contribution is 6.10. The Morgan fingerprint density at radius 2 is 1.04 bits per heavy atom. The van der Waals surface area contributed by atoms with Crippen LogP contribution in [0.15, 0.2) is 207 Å². The second-order valence-corrected chi connectivity index (χ2v) is 26.3. The van der Waals surface area contributed by atoms with Gasteiger partial charge in [-0.1, -0.05) is 218 Å². The number of anilines is 2. The van der Waals surface area contributed by atoms with Crippen molar-refractivity contribution in [3.8, 4) is 28.4 Å². The summed E-state index contributed by atoms with van der Waals surface area (Å²) in [6.45, 7) is 32.9. The van der Waals surface area contributed by atoms with Crippen molar-refractivity contribution in [2.45, 2.75) is 130 Å². The molecule has 0 atom stereocenters. The molecule has 0 radical (unpaired) electrons. The van der Waals surface area contributed by atoms with Gasteiger partial charge in [0, 0.05) is 57.5 Å². The minimum atomic E-state index is -0.228. The van der Waals surface area contributed by atoms with Crippen molar-refractivity contribution < 1.29 is 4.74 Å². The SMILES string of the molecule is CC(C)c1cccc(C(C)C)c1-c1cc(Oc2ccc3c4cc(C(C)(C)c5ccccc5)ccc4n(-c4cc(C(C)(C)C)ccn4)c3c2)cc(N2CN(c3cc(C(C)(C)C)cc(C(C)(C)c4ccccc4)c3)C=C2c2ccccc2)c1. The molecule has 10 aromatic rings. The molecule has 5 heteroatoms. The van der Waals surface area contributed by atoms with Gasteiger partial charge >= 0.3 is 0 Å². The van der Waals surface area contributed by atoms with Crippen LogP contribution in [0.5, 0.6) is 11.5 Å². The van der Waals surface area contributed by atoms with Gasteiger partial charge < -0.3 is 14.5 Å². The summed E-state index contributed by atoms with van der Waals surface area (Å²) >= 11 is 0. The molecule has 3 heterocycles. The number of benzene rings is 8. The summed E-state index contributed by atoms with van der Waals surface area (Å²) < 4.78 is 9.69. The zero-order chi connectivity index (χ0) is 57.2. The van der Waals surface area contributed by atoms with Crippen molar-refractivity contribution in [1.29, 1.82) is 0 Å². The molecular formula is C76H80N4O. The second kappa shape index (κ2) is 21.1. The largest absolute Gasteiger partial charge is 0.457 e. The normalized spacial score (nSPS) is 13.5. The lowest BCUT2D eigenvalue weighted by Crippen LogP contribution is -2.27. The molecule has 0 aliphatic carbocycles. The molecule has 0 saturated heterocycles. The van der Waals surface area contributed by atoms with Crippen molar-refractivity contribution in [1.82, 2.24) is 9.55 Å². The van der Waals surface area contributed by atoms with Gasteiger partial charge in [0.05, 0.1) is 23.4 Å². The zero-order valence-corrected chi connectivity index (χ0v) is 50.2. The van der Waals surface area contributed by atoms with Gasteiger partial charge in [0.15, 0.2) is 0 Å². The van der Waals surface area contributed by atoms with Gasteiger partial charge in [-0.05, 0) is 145 Å². The fourth-order valence-electron chi connectivity index (χ4n) is 12.0. The van der Waals surface area contributed by atoms with E-state index in [4.69, 9.17) is 9.72 Å². The molecule has 5 nitrogen and oxygen atoms in total. The van der Waals surface area contributed by atoms with Crippen LogP contribution in [0.25, 0.3) is 44.4 Å². The molecular weight excluding hydrogens is 985 g/mol. The summed E-state index contributed by atoms with van der Waals surface area (Å²) in [6.07, 6.45) is 4.31. The molecule has 410 valence electrons. The predicted molar refractivity (Wildman–Crippen MR) is 344 cm³/mol. The van der Waals surface area contributed by atoms with E-state index in [1.165, 1.54) is 61.1 Å². The predicted octanol–water partition coefficient (Wildman–Crippen LogP) is 20.4. The molecule has 1 aliphatic rings. The monoisotopic (exact) mass is 1060 g/mol. The number of fused-ring (bicyclic) bond motifs is 3. The summed E-state index contributed by atoms with van der Waals surface area (Å²) in [4.78, 5) is 10.0. The zero-order valence-electron chi connectivity index (χ0n) is 50.2. The Hall–Kier alpha value is -8.15. The summed E-state index contributed by atoms with van der Waals surface area (Å²) in [7, 11) is 0. The van der Waals surface area contributed by atoms with E-state index >= 15 is 0 Å². The van der Waals surface area contributed by atoms with Crippen LogP contribution < -0.4 is 14.5 Å². The van der Waals surface area contributed by atoms with Crippen LogP contribution in [-0.4, -0.2) is 16.2 Å². The Labute approximate surface area is 482 Å². The highest BCUT2D eigenvalue weighted by atomic mass is 16.5. The second-order valence-electron chi connectivity index (χ2n) is 26.3. The van der Waals surface area contributed by atoms with Crippen LogP contribution in [0.3, 0.4) is 0 Å². The van der Waals surface area contributed by atoms with Crippen LogP contribution in [0, 0.1) is 0 Å². The average molecular weight is 1070 g/mol. The average Bonchev–Trinajstić information content (AvgIpc) is 3.91. The van der Waals surface area contributed by atoms with Gasteiger partial charge in [0.25, 0.3) is 0 Å². The lowest BCUT2D eigenvalue weighted by atomic mass is 9.75. The maximum atomic E-state index is 7.36. The van der Waals surface area contributed by atoms with Crippen LogP contribution in [0.2, 0.25) is 0 Å². The highest BCUT2D eigenvalue weighted by Crippen LogP contribution is 2.46. The first-order valence-electron chi connectivity index (χ1n) is 29.2. The number of nitrogens with zero attached hydrogens (tertiary/aromatic N) is 4. The first kappa shape index (κ1) is 54.8. The minimum Gasteiger partial charge on any atom is -0.457 e. The van der Waals surface area contributed by atoms with Crippen molar-refractivity contribution >= 4 is 38.9 Å². The van der Waals surface area contributed by atoms with Crippen LogP contribution in [-0.2, 0) is 21.7 Å². The maximum Gasteiger partial charge on any atom is 0.137 e. The maximum absolute atomic E-state index is 7.36. The molecule has 81 heavy (non-hydrogen) atoms. The number of ether oxygens (including phenoxy) is 1. The van der Waals surface area contributed by atoms with Crippen molar-refractivity contribution in [2.75, 3.05) is 16.5 Å². The van der Waals surface area contributed by atoms with Crippen molar-refractivity contribution in [2.24, 2.45) is 0 Å². The summed E-state index contributed by atoms with van der Waals surface area (Å²) in [5.41, 5.74) is 18.7. The molecule has 0 bridgehead atoms. The molecule has 0 unspecified atom stereocenters. The summed E-state index contributed by atoms with van der Waals surface area (Å²) in [5.74, 6) is 3.00. The number of hydrogen-bond acceptors (Lipinski definition) is 4. The first-order chi connectivity index (χ1) is 38.6. The molecule has 0 N–H and O–H groups in total. The lowest BCUT2D eigenvalue weighted by Gasteiger charge is -2.31. The van der Waals surface area contributed by atoms with Gasteiger partial charge in [-0.15, -0.1) is 0 Å². The Kier molecular flexibility index (Phi) is 14.2. The minimum absolute atomic E-state index is 0.0649. The Bertz CT molecular complexity index is 3930. The molecule has 8 aromatic carbocycles. The third kappa shape index (κ3) is 10.6. The smallest absolute Gasteiger partial charge is 0.137 e. The van der Waals surface area contributed by atoms with Crippen molar-refractivity contribution in [3.63, 3.8) is 0 Å². The molecule has 0 fully saturated rings. The van der Waals surface area contributed by atoms with Gasteiger partial charge in [-0.3, -0.25) is 4.57 Å². The van der Waals surface area contributed by atoms with Gasteiger partial charge in [-0.25, -0.2) is 4.98 Å². The molecule has 11 rings (SSSR count). The number of pyridine rings is 1. The fourth-order valence-corrected chi connectivity index (χ4v) is 12.0. The Balaban J connectivity index is 1.09. The van der Waals surface area contributed by atoms with Crippen molar-refractivity contribution in [3.05, 3.63) is 257 Å². The van der Waals surface area contributed by atoms with E-state index in [1.54, 1.807) is 0 Å². The van der Waals surface area contributed by atoms with Gasteiger partial charge in [0.2, 0.25) is 0 Å². The quantitative estimate of drug-likeness (QED) is 0.115. The first-order valence-corrected chi connectivity index (χ1v) is 29.2. The Morgan fingerprint density at radius 3 is 1.65 bits per heavy atom. The van der Waals surface area contributed by atoms with E-state index in [2.05, 4.69) is 312 Å². The molecule has 0 saturated carbocycles. The summed E-state index contributed by atoms with van der Waals surface area (Å²) in [5, 5.41) is 2.33. The highest BCUT2D eigenvalue weighted by Gasteiger charge is 2.32. The van der Waals surface area contributed by atoms with Gasteiger partial charge in [-0.2, -0.15) is 0 Å². The van der Waals surface area contributed by atoms with E-state index in [0.717, 1.165) is 56.2 Å². The van der Waals surface area contributed by atoms with E-state index < -0.39 is 0 Å². The number of hydrogen-bond donors (Lipinski definition) is 0. The standard InChI is InChI=1S/C76H80N4O/c1-50(2)64-31-24-32-65(51(3)4)72(64)53-39-61(79-49-78(48-70(79)52-25-18-15-19-26-52)60-42-58(74(8,9)10)41-59(43-60)76(13,14)55-29-22-17-23-30-55)46-63(40-53)81-62-34-35-66-67-44-57(75(11,12)54-27-20-16-21-28-54)33-36-68(67)80(69(66)47-62)71-45-56(37-38-77-71)73(5,6)7/h15-48,50-51H,49H2,1-14H3. The molecule has 0 amide bonds. The number of aromatic nitrogens is 2. The third-order valence-electron chi connectivity index (χ3n) is 17.2.